The molecule has 0 radical (unpaired) electrons. The number of para-hydroxylation sites is 1. The van der Waals surface area contributed by atoms with Gasteiger partial charge in [0.15, 0.2) is 0 Å². The number of hydrogen-bond acceptors (Lipinski definition) is 2. The topological polar surface area (TPSA) is 57.2 Å². The lowest BCUT2D eigenvalue weighted by atomic mass is 10.0. The van der Waals surface area contributed by atoms with Crippen LogP contribution in [0.4, 0.5) is 0 Å². The van der Waals surface area contributed by atoms with Crippen molar-refractivity contribution in [2.24, 2.45) is 5.10 Å². The highest BCUT2D eigenvalue weighted by Crippen LogP contribution is 2.26. The van der Waals surface area contributed by atoms with Gasteiger partial charge in [0.1, 0.15) is 5.71 Å². The molecule has 1 amide bonds. The molecule has 0 saturated heterocycles. The van der Waals surface area contributed by atoms with Crippen molar-refractivity contribution in [3.8, 4) is 0 Å². The maximum Gasteiger partial charge on any atom is 0.244 e. The Hall–Kier alpha value is -2.88. The summed E-state index contributed by atoms with van der Waals surface area (Å²) in [6.45, 7) is 0. The van der Waals surface area contributed by atoms with E-state index < -0.39 is 0 Å². The normalized spacial score (nSPS) is 14.3. The van der Waals surface area contributed by atoms with E-state index in [1.54, 1.807) is 0 Å². The zero-order valence-electron chi connectivity index (χ0n) is 11.3. The second kappa shape index (κ2) is 4.59. The molecule has 0 atom stereocenters. The summed E-state index contributed by atoms with van der Waals surface area (Å²) in [5, 5.41) is 5.37. The highest BCUT2D eigenvalue weighted by molar-refractivity contribution is 6.16. The molecule has 1 aliphatic heterocycles. The molecule has 2 aromatic carbocycles. The largest absolute Gasteiger partial charge is 0.353 e. The fourth-order valence-corrected chi connectivity index (χ4v) is 2.76. The Labute approximate surface area is 121 Å². The van der Waals surface area contributed by atoms with Gasteiger partial charge in [-0.15, -0.1) is 0 Å². The molecule has 0 spiro atoms. The van der Waals surface area contributed by atoms with Crippen LogP contribution in [0.15, 0.2) is 59.7 Å². The van der Waals surface area contributed by atoms with Crippen LogP contribution < -0.4 is 5.43 Å². The fraction of sp³-hybridized carbons (Fsp3) is 0.0588. The number of carbonyl (C=O) groups is 1. The van der Waals surface area contributed by atoms with Crippen molar-refractivity contribution in [3.63, 3.8) is 0 Å². The first-order valence-electron chi connectivity index (χ1n) is 6.85. The summed E-state index contributed by atoms with van der Waals surface area (Å²) in [6.07, 6.45) is 0.333. The molecule has 0 unspecified atom stereocenters. The highest BCUT2D eigenvalue weighted by atomic mass is 16.2. The van der Waals surface area contributed by atoms with Gasteiger partial charge in [-0.25, -0.2) is 5.43 Å². The van der Waals surface area contributed by atoms with Crippen molar-refractivity contribution in [2.45, 2.75) is 6.42 Å². The molecule has 0 saturated carbocycles. The molecule has 0 aliphatic carbocycles. The zero-order chi connectivity index (χ0) is 14.2. The Bertz CT molecular complexity index is 862. The average molecular weight is 275 g/mol. The SMILES string of the molecule is O=C1Cc2c([nH]c3ccccc23)C(c2ccccc2)=NN1. The van der Waals surface area contributed by atoms with E-state index in [0.717, 1.165) is 33.4 Å². The minimum Gasteiger partial charge on any atom is -0.353 e. The zero-order valence-corrected chi connectivity index (χ0v) is 11.3. The van der Waals surface area contributed by atoms with Crippen molar-refractivity contribution in [3.05, 3.63) is 71.4 Å². The molecule has 1 aromatic heterocycles. The maximum absolute atomic E-state index is 11.9. The molecule has 102 valence electrons. The number of carbonyl (C=O) groups excluding carboxylic acids is 1. The lowest BCUT2D eigenvalue weighted by Crippen LogP contribution is -2.18. The number of H-pyrrole nitrogens is 1. The number of aromatic amines is 1. The Balaban J connectivity index is 2.00. The summed E-state index contributed by atoms with van der Waals surface area (Å²) in [4.78, 5) is 15.3. The van der Waals surface area contributed by atoms with Crippen molar-refractivity contribution in [2.75, 3.05) is 0 Å². The molecule has 2 heterocycles. The quantitative estimate of drug-likeness (QED) is 0.704. The third kappa shape index (κ3) is 1.92. The summed E-state index contributed by atoms with van der Waals surface area (Å²) < 4.78 is 0. The van der Waals surface area contributed by atoms with Crippen molar-refractivity contribution in [1.29, 1.82) is 0 Å². The van der Waals surface area contributed by atoms with Crippen LogP contribution in [-0.4, -0.2) is 16.6 Å². The van der Waals surface area contributed by atoms with E-state index in [9.17, 15) is 4.79 Å². The van der Waals surface area contributed by atoms with Gasteiger partial charge in [0.25, 0.3) is 0 Å². The third-order valence-electron chi connectivity index (χ3n) is 3.73. The van der Waals surface area contributed by atoms with Gasteiger partial charge in [0, 0.05) is 16.5 Å². The predicted molar refractivity (Wildman–Crippen MR) is 82.2 cm³/mol. The number of nitrogens with zero attached hydrogens (tertiary/aromatic N) is 1. The molecular weight excluding hydrogens is 262 g/mol. The number of rotatable bonds is 1. The number of aromatic nitrogens is 1. The first kappa shape index (κ1) is 11.9. The van der Waals surface area contributed by atoms with Crippen LogP contribution >= 0.6 is 0 Å². The van der Waals surface area contributed by atoms with E-state index in [0.29, 0.717) is 6.42 Å². The Kier molecular flexibility index (Phi) is 2.60. The molecule has 0 fully saturated rings. The molecule has 3 aromatic rings. The minimum atomic E-state index is -0.0908. The molecule has 2 N–H and O–H groups in total. The van der Waals surface area contributed by atoms with Gasteiger partial charge < -0.3 is 4.98 Å². The van der Waals surface area contributed by atoms with Crippen molar-refractivity contribution >= 4 is 22.5 Å². The van der Waals surface area contributed by atoms with Crippen LogP contribution in [0, 0.1) is 0 Å². The van der Waals surface area contributed by atoms with Gasteiger partial charge >= 0.3 is 0 Å². The molecule has 4 nitrogen and oxygen atoms in total. The Morgan fingerprint density at radius 3 is 2.57 bits per heavy atom. The van der Waals surface area contributed by atoms with Crippen LogP contribution in [0.3, 0.4) is 0 Å². The van der Waals surface area contributed by atoms with E-state index in [1.807, 2.05) is 54.6 Å². The molecule has 1 aliphatic rings. The molecule has 4 rings (SSSR count). The summed E-state index contributed by atoms with van der Waals surface area (Å²) >= 11 is 0. The second-order valence-electron chi connectivity index (χ2n) is 5.06. The van der Waals surface area contributed by atoms with Crippen LogP contribution in [0.5, 0.6) is 0 Å². The molecule has 4 heteroatoms. The average Bonchev–Trinajstić information content (AvgIpc) is 2.79. The molecule has 21 heavy (non-hydrogen) atoms. The summed E-state index contributed by atoms with van der Waals surface area (Å²) in [5.41, 5.74) is 7.32. The van der Waals surface area contributed by atoms with E-state index in [1.165, 1.54) is 0 Å². The smallest absolute Gasteiger partial charge is 0.244 e. The third-order valence-corrected chi connectivity index (χ3v) is 3.73. The van der Waals surface area contributed by atoms with Gasteiger partial charge in [0.05, 0.1) is 12.1 Å². The highest BCUT2D eigenvalue weighted by Gasteiger charge is 2.22. The maximum atomic E-state index is 11.9. The standard InChI is InChI=1S/C17H13N3O/c21-15-10-13-12-8-4-5-9-14(12)18-17(13)16(20-19-15)11-6-2-1-3-7-11/h1-9,18H,10H2,(H,19,21). The number of hydrogen-bond donors (Lipinski definition) is 2. The number of fused-ring (bicyclic) bond motifs is 3. The van der Waals surface area contributed by atoms with E-state index in [4.69, 9.17) is 0 Å². The van der Waals surface area contributed by atoms with Crippen LogP contribution in [0.1, 0.15) is 16.8 Å². The van der Waals surface area contributed by atoms with Gasteiger partial charge in [-0.05, 0) is 11.6 Å². The fourth-order valence-electron chi connectivity index (χ4n) is 2.76. The summed E-state index contributed by atoms with van der Waals surface area (Å²) in [5.74, 6) is -0.0908. The first-order chi connectivity index (χ1) is 10.3. The van der Waals surface area contributed by atoms with Crippen LogP contribution in [0.2, 0.25) is 0 Å². The number of hydrazone groups is 1. The molecule has 0 bridgehead atoms. The van der Waals surface area contributed by atoms with E-state index in [-0.39, 0.29) is 5.91 Å². The molecular formula is C17H13N3O. The van der Waals surface area contributed by atoms with Crippen LogP contribution in [-0.2, 0) is 11.2 Å². The van der Waals surface area contributed by atoms with Gasteiger partial charge in [-0.1, -0.05) is 48.5 Å². The van der Waals surface area contributed by atoms with Gasteiger partial charge in [-0.3, -0.25) is 4.79 Å². The van der Waals surface area contributed by atoms with Gasteiger partial charge in [-0.2, -0.15) is 5.10 Å². The van der Waals surface area contributed by atoms with E-state index in [2.05, 4.69) is 15.5 Å². The lowest BCUT2D eigenvalue weighted by Gasteiger charge is -2.04. The first-order valence-corrected chi connectivity index (χ1v) is 6.85. The predicted octanol–water partition coefficient (Wildman–Crippen LogP) is 2.59. The number of benzene rings is 2. The lowest BCUT2D eigenvalue weighted by molar-refractivity contribution is -0.120. The summed E-state index contributed by atoms with van der Waals surface area (Å²) in [7, 11) is 0. The van der Waals surface area contributed by atoms with Gasteiger partial charge in [0.2, 0.25) is 5.91 Å². The van der Waals surface area contributed by atoms with E-state index >= 15 is 0 Å². The van der Waals surface area contributed by atoms with Crippen molar-refractivity contribution < 1.29 is 4.79 Å². The van der Waals surface area contributed by atoms with Crippen LogP contribution in [0.25, 0.3) is 10.9 Å². The van der Waals surface area contributed by atoms with Crippen molar-refractivity contribution in [1.82, 2.24) is 10.4 Å². The summed E-state index contributed by atoms with van der Waals surface area (Å²) in [6, 6.07) is 17.9. The number of nitrogens with one attached hydrogen (secondary N) is 2. The number of amides is 1. The second-order valence-corrected chi connectivity index (χ2v) is 5.06. The minimum absolute atomic E-state index is 0.0908. The Morgan fingerprint density at radius 2 is 1.71 bits per heavy atom. The Morgan fingerprint density at radius 1 is 0.952 bits per heavy atom. The monoisotopic (exact) mass is 275 g/mol.